The summed E-state index contributed by atoms with van der Waals surface area (Å²) < 4.78 is 45.6. The number of aliphatic imine (C=N–C) groups is 1. The molecule has 0 aromatic rings. The molecule has 1 aliphatic rings. The summed E-state index contributed by atoms with van der Waals surface area (Å²) in [4.78, 5) is 107. The van der Waals surface area contributed by atoms with Crippen molar-refractivity contribution in [1.29, 1.82) is 0 Å². The Balaban J connectivity index is 0.0000722. The first-order chi connectivity index (χ1) is 40.5. The standard InChI is InChI=1S/C59H109N6O19P.Na/c1-7-9-11-13-15-17-19-21-23-25-27-29-31-33-50(69)79-40-46(83-51(70)34-32-30-28-26-24-22-20-18-16-14-12-10-8-2)41-81-85(77,78)80-38-37-65(43(4)55(61)72)58(75)47(35-36-49(60)68)64-56(73)42(3)62-57(74)44(5)82-54-52(63-45(6)67)59(76)84-48(39-66)53(54)71;/h42-44,46-48,52-54,59,66,71,76H,7-41H2,1-6H3,(H2,60,68)(H2,61,72)(H,62,74)(H,63,67)(H,64,73)(H,77,78);/q;+1/p-1/t42-,43-,44+,46+,47+,48+,52+,53+,54+,59+;/m0./s1. The summed E-state index contributed by atoms with van der Waals surface area (Å²) in [6, 6.07) is -5.99. The molecule has 1 unspecified atom stereocenters. The van der Waals surface area contributed by atoms with Crippen molar-refractivity contribution in [2.45, 2.75) is 295 Å². The third-order valence-corrected chi connectivity index (χ3v) is 15.8. The number of unbranched alkanes of at least 4 members (excludes halogenated alkanes) is 24. The van der Waals surface area contributed by atoms with Gasteiger partial charge in [0.2, 0.25) is 29.5 Å². The molecule has 0 aromatic heterocycles. The zero-order chi connectivity index (χ0) is 63.6. The van der Waals surface area contributed by atoms with E-state index in [1.54, 1.807) is 0 Å². The molecule has 1 heterocycles. The Morgan fingerprint density at radius 1 is 0.686 bits per heavy atom. The van der Waals surface area contributed by atoms with Gasteiger partial charge in [0.15, 0.2) is 12.4 Å². The Morgan fingerprint density at radius 3 is 1.62 bits per heavy atom. The van der Waals surface area contributed by atoms with E-state index in [0.717, 1.165) is 63.2 Å². The molecule has 0 saturated carbocycles. The van der Waals surface area contributed by atoms with E-state index in [1.165, 1.54) is 124 Å². The van der Waals surface area contributed by atoms with Crippen LogP contribution in [-0.2, 0) is 66.1 Å². The monoisotopic (exact) mass is 1260 g/mol. The van der Waals surface area contributed by atoms with E-state index in [2.05, 4.69) is 29.5 Å². The molecule has 494 valence electrons. The topological polar surface area (TPSA) is 388 Å². The van der Waals surface area contributed by atoms with Crippen LogP contribution in [0.3, 0.4) is 0 Å². The van der Waals surface area contributed by atoms with Gasteiger partial charge < -0.3 is 71.3 Å². The van der Waals surface area contributed by atoms with E-state index >= 15 is 0 Å². The minimum atomic E-state index is -5.04. The first-order valence-electron chi connectivity index (χ1n) is 31.4. The van der Waals surface area contributed by atoms with Crippen molar-refractivity contribution in [2.24, 2.45) is 16.5 Å². The van der Waals surface area contributed by atoms with Crippen LogP contribution >= 0.6 is 7.82 Å². The van der Waals surface area contributed by atoms with Crippen molar-refractivity contribution in [1.82, 2.24) is 15.5 Å². The number of amides is 5. The molecule has 1 saturated heterocycles. The van der Waals surface area contributed by atoms with E-state index in [9.17, 15) is 63.4 Å². The van der Waals surface area contributed by atoms with Gasteiger partial charge >= 0.3 is 49.3 Å². The van der Waals surface area contributed by atoms with Gasteiger partial charge in [-0.05, 0) is 52.9 Å². The normalized spacial score (nSPS) is 19.4. The maximum atomic E-state index is 14.2. The van der Waals surface area contributed by atoms with Crippen LogP contribution in [0.1, 0.15) is 234 Å². The largest absolute Gasteiger partial charge is 1.00 e. The van der Waals surface area contributed by atoms with Gasteiger partial charge in [-0.15, -0.1) is 0 Å². The number of ether oxygens (including phenoxy) is 4. The number of phosphoric ester groups is 1. The van der Waals surface area contributed by atoms with Crippen molar-refractivity contribution >= 4 is 55.2 Å². The fourth-order valence-corrected chi connectivity index (χ4v) is 10.4. The van der Waals surface area contributed by atoms with E-state index < -0.39 is 162 Å². The number of phosphoric acid groups is 1. The molecule has 0 radical (unpaired) electrons. The number of nitrogens with two attached hydrogens (primary N) is 2. The maximum Gasteiger partial charge on any atom is 1.00 e. The van der Waals surface area contributed by atoms with Gasteiger partial charge in [-0.2, -0.15) is 0 Å². The Bertz CT molecular complexity index is 1990. The smallest absolute Gasteiger partial charge is 0.862 e. The fourth-order valence-electron chi connectivity index (χ4n) is 9.62. The van der Waals surface area contributed by atoms with Gasteiger partial charge in [-0.25, -0.2) is 4.57 Å². The third kappa shape index (κ3) is 38.3. The first-order valence-corrected chi connectivity index (χ1v) is 32.9. The van der Waals surface area contributed by atoms with Crippen molar-refractivity contribution < 1.29 is 121 Å². The summed E-state index contributed by atoms with van der Waals surface area (Å²) in [5.74, 6) is -6.79. The average molecular weight is 1260 g/mol. The molecule has 11 atom stereocenters. The van der Waals surface area contributed by atoms with Crippen LogP contribution in [0.2, 0.25) is 0 Å². The Kier molecular flexibility index (Phi) is 47.5. The van der Waals surface area contributed by atoms with Crippen LogP contribution in [-0.4, -0.2) is 166 Å². The van der Waals surface area contributed by atoms with Gasteiger partial charge in [-0.3, -0.25) is 47.6 Å². The van der Waals surface area contributed by atoms with Gasteiger partial charge in [-0.1, -0.05) is 168 Å². The van der Waals surface area contributed by atoms with Crippen molar-refractivity contribution in [3.05, 3.63) is 0 Å². The minimum absolute atomic E-state index is 0. The number of primary amides is 2. The van der Waals surface area contributed by atoms with Crippen LogP contribution < -0.4 is 56.8 Å². The maximum absolute atomic E-state index is 14.2. The van der Waals surface area contributed by atoms with E-state index in [4.69, 9.17) is 39.5 Å². The number of aliphatic hydroxyl groups excluding tert-OH is 3. The number of hydrogen-bond acceptors (Lipinski definition) is 19. The minimum Gasteiger partial charge on any atom is -0.862 e. The zero-order valence-electron chi connectivity index (χ0n) is 52.9. The third-order valence-electron chi connectivity index (χ3n) is 14.8. The average Bonchev–Trinajstić information content (AvgIpc) is 2.29. The molecule has 1 aliphatic heterocycles. The summed E-state index contributed by atoms with van der Waals surface area (Å²) in [5, 5.41) is 47.4. The molecule has 10 N–H and O–H groups in total. The number of esters is 2. The molecule has 5 amide bonds. The van der Waals surface area contributed by atoms with E-state index in [-0.39, 0.29) is 42.4 Å². The molecule has 0 bridgehead atoms. The second-order valence-electron chi connectivity index (χ2n) is 22.4. The summed E-state index contributed by atoms with van der Waals surface area (Å²) in [5.41, 5.74) is 11.0. The Hall–Kier alpha value is -3.33. The number of carbonyl (C=O) groups excluding carboxylic acids is 7. The van der Waals surface area contributed by atoms with Gasteiger partial charge in [0.1, 0.15) is 55.2 Å². The van der Waals surface area contributed by atoms with Crippen molar-refractivity contribution in [3.8, 4) is 0 Å². The van der Waals surface area contributed by atoms with Crippen LogP contribution in [0.25, 0.3) is 0 Å². The molecule has 1 fully saturated rings. The summed E-state index contributed by atoms with van der Waals surface area (Å²) in [6.45, 7) is 5.83. The first kappa shape index (κ1) is 82.7. The molecule has 25 nitrogen and oxygen atoms in total. The number of hydrogen-bond donors (Lipinski definition) is 8. The van der Waals surface area contributed by atoms with Crippen molar-refractivity contribution in [2.75, 3.05) is 33.0 Å². The number of nitrogens with zero attached hydrogens (tertiary/aromatic N) is 2. The molecule has 27 heteroatoms. The van der Waals surface area contributed by atoms with Gasteiger partial charge in [0, 0.05) is 25.8 Å². The van der Waals surface area contributed by atoms with Gasteiger partial charge in [0.05, 0.1) is 19.8 Å². The molecule has 0 aromatic carbocycles. The molecular formula is C59H108N6NaO19P. The second kappa shape index (κ2) is 49.5. The van der Waals surface area contributed by atoms with Crippen molar-refractivity contribution in [3.63, 3.8) is 0 Å². The molecule has 0 spiro atoms. The van der Waals surface area contributed by atoms with Crippen LogP contribution in [0, 0.1) is 0 Å². The van der Waals surface area contributed by atoms with Crippen LogP contribution in [0.4, 0.5) is 0 Å². The van der Waals surface area contributed by atoms with Crippen LogP contribution in [0.15, 0.2) is 4.99 Å². The molecule has 86 heavy (non-hydrogen) atoms. The predicted octanol–water partition coefficient (Wildman–Crippen LogP) is 2.49. The number of carbonyl (C=O) groups is 7. The molecule has 0 aliphatic carbocycles. The van der Waals surface area contributed by atoms with Crippen LogP contribution in [0.5, 0.6) is 0 Å². The second-order valence-corrected chi connectivity index (χ2v) is 23.9. The Morgan fingerprint density at radius 2 is 1.16 bits per heavy atom. The SMILES string of the molecule is CCCCCCCCCCCCCCCC(=O)OC[C@H](COP(=O)(O)OCCN(C(=O)[C@@H](CCC(N)=O)NC(=O)[C@H](C)NC(=O)[C@@H](C)O[C@H]1[C@H](O)[C@@H](CO)O[C@@H](O)[C@@H]1N=C(C)[O-])[C@@H](C)C(N)=O)OC(=O)CCCCCCCCCCCCCCC.[Na+]. The zero-order valence-corrected chi connectivity index (χ0v) is 55.8. The number of rotatable bonds is 52. The molecule has 1 rings (SSSR count). The Labute approximate surface area is 533 Å². The summed E-state index contributed by atoms with van der Waals surface area (Å²) >= 11 is 0. The fraction of sp³-hybridized carbons (Fsp3) is 0.864. The van der Waals surface area contributed by atoms with Gasteiger partial charge in [0.25, 0.3) is 0 Å². The summed E-state index contributed by atoms with van der Waals surface area (Å²) in [6.07, 6.45) is 19.4. The molecular weight excluding hydrogens is 1150 g/mol. The number of aliphatic hydroxyl groups is 3. The quantitative estimate of drug-likeness (QED) is 0.0108. The van der Waals surface area contributed by atoms with E-state index in [1.807, 2.05) is 0 Å². The number of nitrogens with one attached hydrogen (secondary N) is 2. The van der Waals surface area contributed by atoms with E-state index in [0.29, 0.717) is 12.8 Å². The summed E-state index contributed by atoms with van der Waals surface area (Å²) in [7, 11) is -5.04. The predicted molar refractivity (Wildman–Crippen MR) is 317 cm³/mol.